The Hall–Kier alpha value is -0.620. The molecule has 0 saturated heterocycles. The van der Waals surface area contributed by atoms with Crippen molar-refractivity contribution in [2.75, 3.05) is 0 Å². The molecule has 1 saturated carbocycles. The van der Waals surface area contributed by atoms with Crippen molar-refractivity contribution in [1.29, 1.82) is 0 Å². The van der Waals surface area contributed by atoms with Gasteiger partial charge in [0.2, 0.25) is 0 Å². The summed E-state index contributed by atoms with van der Waals surface area (Å²) in [6.07, 6.45) is 3.40. The third-order valence-electron chi connectivity index (χ3n) is 3.15. The van der Waals surface area contributed by atoms with Gasteiger partial charge in [-0.25, -0.2) is 0 Å². The molecule has 1 aliphatic carbocycles. The van der Waals surface area contributed by atoms with Gasteiger partial charge in [0.15, 0.2) is 0 Å². The van der Waals surface area contributed by atoms with Crippen LogP contribution in [0.3, 0.4) is 0 Å². The van der Waals surface area contributed by atoms with E-state index in [0.717, 1.165) is 29.3 Å². The van der Waals surface area contributed by atoms with Crippen LogP contribution < -0.4 is 5.32 Å². The molecule has 0 aliphatic heterocycles. The third kappa shape index (κ3) is 3.42. The van der Waals surface area contributed by atoms with E-state index in [4.69, 9.17) is 0 Å². The number of carbonyl (C=O) groups excluding carboxylic acids is 1. The number of carbonyl (C=O) groups is 1. The van der Waals surface area contributed by atoms with Crippen molar-refractivity contribution in [2.24, 2.45) is 0 Å². The summed E-state index contributed by atoms with van der Waals surface area (Å²) < 4.78 is 1.11. The van der Waals surface area contributed by atoms with E-state index in [1.165, 1.54) is 0 Å². The Morgan fingerprint density at radius 2 is 1.88 bits per heavy atom. The number of hydrogen-bond acceptors (Lipinski definition) is 2. The van der Waals surface area contributed by atoms with E-state index < -0.39 is 6.10 Å². The molecule has 2 unspecified atom stereocenters. The number of aliphatic hydroxyl groups is 1. The molecule has 0 spiro atoms. The van der Waals surface area contributed by atoms with Gasteiger partial charge in [-0.1, -0.05) is 12.8 Å². The van der Waals surface area contributed by atoms with E-state index in [9.17, 15) is 9.90 Å². The normalized spacial score (nSPS) is 24.4. The molecule has 1 fully saturated rings. The highest BCUT2D eigenvalue weighted by molar-refractivity contribution is 14.1. The summed E-state index contributed by atoms with van der Waals surface area (Å²) >= 11 is 2.21. The van der Waals surface area contributed by atoms with Crippen LogP contribution in [0.1, 0.15) is 36.0 Å². The molecule has 1 aliphatic rings. The molecule has 0 bridgehead atoms. The van der Waals surface area contributed by atoms with Gasteiger partial charge in [-0.15, -0.1) is 0 Å². The zero-order chi connectivity index (χ0) is 12.3. The number of halogens is 1. The van der Waals surface area contributed by atoms with Crippen LogP contribution >= 0.6 is 22.6 Å². The number of aliphatic hydroxyl groups excluding tert-OH is 1. The summed E-state index contributed by atoms with van der Waals surface area (Å²) in [5.74, 6) is -0.0904. The number of amides is 1. The topological polar surface area (TPSA) is 49.3 Å². The standard InChI is InChI=1S/C13H16INO2/c14-10-7-5-9(6-8-10)13(17)15-11-3-1-2-4-12(11)16/h5-8,11-12,16H,1-4H2,(H,15,17). The second-order valence-electron chi connectivity index (χ2n) is 4.44. The van der Waals surface area contributed by atoms with Crippen LogP contribution in [-0.4, -0.2) is 23.2 Å². The maximum absolute atomic E-state index is 11.9. The first-order valence-corrected chi connectivity index (χ1v) is 6.99. The number of hydrogen-bond donors (Lipinski definition) is 2. The zero-order valence-corrected chi connectivity index (χ0v) is 11.7. The Balaban J connectivity index is 1.98. The van der Waals surface area contributed by atoms with Gasteiger partial charge in [-0.3, -0.25) is 4.79 Å². The lowest BCUT2D eigenvalue weighted by atomic mass is 9.92. The highest BCUT2D eigenvalue weighted by Gasteiger charge is 2.24. The minimum Gasteiger partial charge on any atom is -0.391 e. The largest absolute Gasteiger partial charge is 0.391 e. The van der Waals surface area contributed by atoms with Crippen molar-refractivity contribution < 1.29 is 9.90 Å². The van der Waals surface area contributed by atoms with Crippen molar-refractivity contribution in [3.63, 3.8) is 0 Å². The van der Waals surface area contributed by atoms with Crippen LogP contribution in [0, 0.1) is 3.57 Å². The van der Waals surface area contributed by atoms with Crippen molar-refractivity contribution in [1.82, 2.24) is 5.32 Å². The average molecular weight is 345 g/mol. The maximum atomic E-state index is 11.9. The van der Waals surface area contributed by atoms with Gasteiger partial charge in [0, 0.05) is 9.13 Å². The molecule has 3 nitrogen and oxygen atoms in total. The molecule has 92 valence electrons. The molecule has 2 N–H and O–H groups in total. The van der Waals surface area contributed by atoms with Crippen LogP contribution in [0.25, 0.3) is 0 Å². The van der Waals surface area contributed by atoms with Gasteiger partial charge < -0.3 is 10.4 Å². The molecule has 2 rings (SSSR count). The van der Waals surface area contributed by atoms with Crippen LogP contribution in [0.4, 0.5) is 0 Å². The van der Waals surface area contributed by atoms with Gasteiger partial charge in [0.05, 0.1) is 12.1 Å². The fourth-order valence-electron chi connectivity index (χ4n) is 2.13. The molecule has 4 heteroatoms. The summed E-state index contributed by atoms with van der Waals surface area (Å²) in [6.45, 7) is 0. The first-order chi connectivity index (χ1) is 8.16. The highest BCUT2D eigenvalue weighted by atomic mass is 127. The highest BCUT2D eigenvalue weighted by Crippen LogP contribution is 2.18. The SMILES string of the molecule is O=C(NC1CCCCC1O)c1ccc(I)cc1. The van der Waals surface area contributed by atoms with Gasteiger partial charge in [0.25, 0.3) is 5.91 Å². The molecule has 1 aromatic rings. The minimum atomic E-state index is -0.392. The van der Waals surface area contributed by atoms with Crippen LogP contribution in [0.5, 0.6) is 0 Å². The molecule has 1 aromatic carbocycles. The Kier molecular flexibility index (Phi) is 4.39. The van der Waals surface area contributed by atoms with Gasteiger partial charge >= 0.3 is 0 Å². The number of benzene rings is 1. The predicted octanol–water partition coefficient (Wildman–Crippen LogP) is 2.32. The van der Waals surface area contributed by atoms with Gasteiger partial charge in [-0.2, -0.15) is 0 Å². The molecular weight excluding hydrogens is 329 g/mol. The minimum absolute atomic E-state index is 0.0875. The van der Waals surface area contributed by atoms with Crippen molar-refractivity contribution in [3.05, 3.63) is 33.4 Å². The van der Waals surface area contributed by atoms with Crippen LogP contribution in [0.15, 0.2) is 24.3 Å². The Labute approximate surface area is 115 Å². The maximum Gasteiger partial charge on any atom is 0.251 e. The zero-order valence-electron chi connectivity index (χ0n) is 9.53. The van der Waals surface area contributed by atoms with E-state index in [0.29, 0.717) is 5.56 Å². The van der Waals surface area contributed by atoms with E-state index in [1.54, 1.807) is 0 Å². The lowest BCUT2D eigenvalue weighted by Gasteiger charge is -2.28. The molecule has 0 heterocycles. The summed E-state index contributed by atoms with van der Waals surface area (Å²) in [7, 11) is 0. The molecule has 0 aromatic heterocycles. The second kappa shape index (κ2) is 5.82. The average Bonchev–Trinajstić information content (AvgIpc) is 2.33. The quantitative estimate of drug-likeness (QED) is 0.809. The Morgan fingerprint density at radius 3 is 2.53 bits per heavy atom. The summed E-state index contributed by atoms with van der Waals surface area (Å²) in [5, 5.41) is 12.7. The molecule has 1 amide bonds. The van der Waals surface area contributed by atoms with Gasteiger partial charge in [0.1, 0.15) is 0 Å². The number of rotatable bonds is 2. The summed E-state index contributed by atoms with van der Waals surface area (Å²) in [6, 6.07) is 7.36. The first-order valence-electron chi connectivity index (χ1n) is 5.91. The fraction of sp³-hybridized carbons (Fsp3) is 0.462. The van der Waals surface area contributed by atoms with Crippen molar-refractivity contribution >= 4 is 28.5 Å². The van der Waals surface area contributed by atoms with Crippen LogP contribution in [-0.2, 0) is 0 Å². The fourth-order valence-corrected chi connectivity index (χ4v) is 2.49. The summed E-state index contributed by atoms with van der Waals surface area (Å²) in [4.78, 5) is 11.9. The Bertz CT molecular complexity index is 391. The molecule has 0 radical (unpaired) electrons. The Morgan fingerprint density at radius 1 is 1.24 bits per heavy atom. The molecule has 17 heavy (non-hydrogen) atoms. The van der Waals surface area contributed by atoms with E-state index >= 15 is 0 Å². The summed E-state index contributed by atoms with van der Waals surface area (Å²) in [5.41, 5.74) is 0.656. The van der Waals surface area contributed by atoms with Crippen molar-refractivity contribution in [2.45, 2.75) is 37.8 Å². The molecule has 2 atom stereocenters. The van der Waals surface area contributed by atoms with E-state index in [1.807, 2.05) is 24.3 Å². The third-order valence-corrected chi connectivity index (χ3v) is 3.87. The smallest absolute Gasteiger partial charge is 0.251 e. The van der Waals surface area contributed by atoms with E-state index in [-0.39, 0.29) is 11.9 Å². The first kappa shape index (κ1) is 12.8. The monoisotopic (exact) mass is 345 g/mol. The van der Waals surface area contributed by atoms with E-state index in [2.05, 4.69) is 27.9 Å². The molecular formula is C13H16INO2. The van der Waals surface area contributed by atoms with Crippen molar-refractivity contribution in [3.8, 4) is 0 Å². The lowest BCUT2D eigenvalue weighted by Crippen LogP contribution is -2.45. The predicted molar refractivity (Wildman–Crippen MR) is 74.9 cm³/mol. The van der Waals surface area contributed by atoms with Crippen LogP contribution in [0.2, 0.25) is 0 Å². The number of nitrogens with one attached hydrogen (secondary N) is 1. The second-order valence-corrected chi connectivity index (χ2v) is 5.68. The lowest BCUT2D eigenvalue weighted by molar-refractivity contribution is 0.0717. The van der Waals surface area contributed by atoms with Gasteiger partial charge in [-0.05, 0) is 59.7 Å².